The van der Waals surface area contributed by atoms with Crippen LogP contribution in [0.5, 0.6) is 0 Å². The molecular formula is C10H21NO2. The van der Waals surface area contributed by atoms with Crippen LogP contribution in [0.15, 0.2) is 0 Å². The number of likely N-dealkylation sites (tertiary alicyclic amines) is 1. The maximum absolute atomic E-state index is 9.64. The van der Waals surface area contributed by atoms with E-state index in [0.717, 1.165) is 26.1 Å². The second-order valence-corrected chi connectivity index (χ2v) is 3.95. The van der Waals surface area contributed by atoms with Crippen molar-refractivity contribution in [3.05, 3.63) is 0 Å². The number of aliphatic hydroxyl groups is 2. The van der Waals surface area contributed by atoms with Gasteiger partial charge in [-0.1, -0.05) is 13.3 Å². The van der Waals surface area contributed by atoms with Crippen molar-refractivity contribution in [2.24, 2.45) is 5.92 Å². The first-order valence-corrected chi connectivity index (χ1v) is 5.29. The van der Waals surface area contributed by atoms with Crippen LogP contribution in [0.3, 0.4) is 0 Å². The summed E-state index contributed by atoms with van der Waals surface area (Å²) in [4.78, 5) is 2.29. The SMILES string of the molecule is CCCCN1CC[C@@H](CO)[C@H](O)C1. The molecule has 1 heterocycles. The Labute approximate surface area is 80.4 Å². The second-order valence-electron chi connectivity index (χ2n) is 3.95. The molecule has 78 valence electrons. The third kappa shape index (κ3) is 3.25. The standard InChI is InChI=1S/C10H21NO2/c1-2-3-5-11-6-4-9(8-12)10(13)7-11/h9-10,12-13H,2-8H2,1H3/t9-,10+/m0/s1. The maximum atomic E-state index is 9.64. The highest BCUT2D eigenvalue weighted by atomic mass is 16.3. The summed E-state index contributed by atoms with van der Waals surface area (Å²) in [5.74, 6) is 0.109. The second kappa shape index (κ2) is 5.58. The molecule has 0 saturated carbocycles. The van der Waals surface area contributed by atoms with Crippen molar-refractivity contribution in [3.8, 4) is 0 Å². The van der Waals surface area contributed by atoms with Gasteiger partial charge in [-0.05, 0) is 25.9 Å². The van der Waals surface area contributed by atoms with Crippen molar-refractivity contribution in [1.82, 2.24) is 4.90 Å². The highest BCUT2D eigenvalue weighted by molar-refractivity contribution is 4.79. The molecule has 2 atom stereocenters. The molecule has 1 aliphatic heterocycles. The van der Waals surface area contributed by atoms with Gasteiger partial charge in [-0.2, -0.15) is 0 Å². The van der Waals surface area contributed by atoms with Gasteiger partial charge in [-0.3, -0.25) is 0 Å². The van der Waals surface area contributed by atoms with E-state index in [1.807, 2.05) is 0 Å². The van der Waals surface area contributed by atoms with Gasteiger partial charge < -0.3 is 15.1 Å². The Hall–Kier alpha value is -0.120. The van der Waals surface area contributed by atoms with Crippen LogP contribution in [0.25, 0.3) is 0 Å². The van der Waals surface area contributed by atoms with Crippen LogP contribution in [0.1, 0.15) is 26.2 Å². The van der Waals surface area contributed by atoms with E-state index in [-0.39, 0.29) is 18.6 Å². The van der Waals surface area contributed by atoms with Gasteiger partial charge in [0.25, 0.3) is 0 Å². The lowest BCUT2D eigenvalue weighted by Gasteiger charge is -2.34. The summed E-state index contributed by atoms with van der Waals surface area (Å²) < 4.78 is 0. The average Bonchev–Trinajstić information content (AvgIpc) is 2.15. The van der Waals surface area contributed by atoms with E-state index >= 15 is 0 Å². The van der Waals surface area contributed by atoms with Crippen molar-refractivity contribution < 1.29 is 10.2 Å². The highest BCUT2D eigenvalue weighted by Gasteiger charge is 2.26. The number of piperidine rings is 1. The summed E-state index contributed by atoms with van der Waals surface area (Å²) in [6, 6.07) is 0. The Morgan fingerprint density at radius 3 is 2.77 bits per heavy atom. The molecule has 2 N–H and O–H groups in total. The molecule has 3 heteroatoms. The number of hydrogen-bond acceptors (Lipinski definition) is 3. The topological polar surface area (TPSA) is 43.7 Å². The zero-order valence-corrected chi connectivity index (χ0v) is 8.45. The lowest BCUT2D eigenvalue weighted by Crippen LogP contribution is -2.45. The monoisotopic (exact) mass is 187 g/mol. The molecule has 0 aromatic carbocycles. The first-order valence-electron chi connectivity index (χ1n) is 5.29. The molecule has 1 fully saturated rings. The molecule has 0 aromatic rings. The van der Waals surface area contributed by atoms with Crippen LogP contribution in [0.4, 0.5) is 0 Å². The number of hydrogen-bond donors (Lipinski definition) is 2. The third-order valence-corrected chi connectivity index (χ3v) is 2.87. The summed E-state index contributed by atoms with van der Waals surface area (Å²) in [6.45, 7) is 5.17. The van der Waals surface area contributed by atoms with Crippen molar-refractivity contribution in [3.63, 3.8) is 0 Å². The van der Waals surface area contributed by atoms with E-state index in [1.54, 1.807) is 0 Å². The molecule has 3 nitrogen and oxygen atoms in total. The number of unbranched alkanes of at least 4 members (excludes halogenated alkanes) is 1. The molecule has 1 rings (SSSR count). The quantitative estimate of drug-likeness (QED) is 0.672. The first kappa shape index (κ1) is 11.0. The van der Waals surface area contributed by atoms with E-state index in [2.05, 4.69) is 11.8 Å². The molecule has 0 aliphatic carbocycles. The largest absolute Gasteiger partial charge is 0.396 e. The van der Waals surface area contributed by atoms with Gasteiger partial charge in [0.1, 0.15) is 0 Å². The Morgan fingerprint density at radius 1 is 1.46 bits per heavy atom. The molecule has 1 aliphatic rings. The summed E-state index contributed by atoms with van der Waals surface area (Å²) in [5.41, 5.74) is 0. The lowest BCUT2D eigenvalue weighted by atomic mass is 9.95. The smallest absolute Gasteiger partial charge is 0.0717 e. The number of β-amino-alcohol motifs (C(OH)–C–C–N with tert-alkyl or cyclic N) is 1. The average molecular weight is 187 g/mol. The third-order valence-electron chi connectivity index (χ3n) is 2.87. The minimum atomic E-state index is -0.324. The maximum Gasteiger partial charge on any atom is 0.0717 e. The van der Waals surface area contributed by atoms with Crippen LogP contribution in [-0.2, 0) is 0 Å². The molecule has 0 radical (unpaired) electrons. The lowest BCUT2D eigenvalue weighted by molar-refractivity contribution is -0.00208. The fourth-order valence-electron chi connectivity index (χ4n) is 1.84. The molecule has 0 amide bonds. The molecular weight excluding hydrogens is 166 g/mol. The Balaban J connectivity index is 2.24. The van der Waals surface area contributed by atoms with Gasteiger partial charge in [-0.15, -0.1) is 0 Å². The van der Waals surface area contributed by atoms with Crippen LogP contribution in [-0.4, -0.2) is 47.5 Å². The van der Waals surface area contributed by atoms with Gasteiger partial charge in [-0.25, -0.2) is 0 Å². The van der Waals surface area contributed by atoms with Crippen LogP contribution >= 0.6 is 0 Å². The van der Waals surface area contributed by atoms with Gasteiger partial charge >= 0.3 is 0 Å². The highest BCUT2D eigenvalue weighted by Crippen LogP contribution is 2.17. The molecule has 0 bridgehead atoms. The van der Waals surface area contributed by atoms with Gasteiger partial charge in [0.05, 0.1) is 6.10 Å². The summed E-state index contributed by atoms with van der Waals surface area (Å²) in [7, 11) is 0. The summed E-state index contributed by atoms with van der Waals surface area (Å²) in [6.07, 6.45) is 3.02. The Morgan fingerprint density at radius 2 is 2.23 bits per heavy atom. The minimum absolute atomic E-state index is 0.109. The van der Waals surface area contributed by atoms with E-state index in [9.17, 15) is 5.11 Å². The van der Waals surface area contributed by atoms with Gasteiger partial charge in [0, 0.05) is 19.1 Å². The fraction of sp³-hybridized carbons (Fsp3) is 1.00. The van der Waals surface area contributed by atoms with E-state index in [4.69, 9.17) is 5.11 Å². The molecule has 0 aromatic heterocycles. The minimum Gasteiger partial charge on any atom is -0.396 e. The predicted octanol–water partition coefficient (Wildman–Crippen LogP) is 0.462. The van der Waals surface area contributed by atoms with Crippen LogP contribution < -0.4 is 0 Å². The number of aliphatic hydroxyl groups excluding tert-OH is 2. The normalized spacial score (nSPS) is 30.7. The van der Waals surface area contributed by atoms with Crippen molar-refractivity contribution in [2.45, 2.75) is 32.3 Å². The summed E-state index contributed by atoms with van der Waals surface area (Å²) in [5, 5.41) is 18.6. The zero-order chi connectivity index (χ0) is 9.68. The first-order chi connectivity index (χ1) is 6.27. The van der Waals surface area contributed by atoms with Gasteiger partial charge in [0.15, 0.2) is 0 Å². The number of nitrogens with zero attached hydrogens (tertiary/aromatic N) is 1. The predicted molar refractivity (Wildman–Crippen MR) is 52.5 cm³/mol. The number of rotatable bonds is 4. The van der Waals surface area contributed by atoms with Gasteiger partial charge in [0.2, 0.25) is 0 Å². The van der Waals surface area contributed by atoms with Crippen molar-refractivity contribution >= 4 is 0 Å². The molecule has 13 heavy (non-hydrogen) atoms. The van der Waals surface area contributed by atoms with E-state index in [1.165, 1.54) is 12.8 Å². The fourth-order valence-corrected chi connectivity index (χ4v) is 1.84. The van der Waals surface area contributed by atoms with E-state index < -0.39 is 0 Å². The van der Waals surface area contributed by atoms with E-state index in [0.29, 0.717) is 0 Å². The van der Waals surface area contributed by atoms with Crippen LogP contribution in [0, 0.1) is 5.92 Å². The van der Waals surface area contributed by atoms with Crippen molar-refractivity contribution in [1.29, 1.82) is 0 Å². The Bertz CT molecular complexity index is 141. The molecule has 1 saturated heterocycles. The zero-order valence-electron chi connectivity index (χ0n) is 8.45. The molecule has 0 unspecified atom stereocenters. The van der Waals surface area contributed by atoms with Crippen molar-refractivity contribution in [2.75, 3.05) is 26.2 Å². The summed E-state index contributed by atoms with van der Waals surface area (Å²) >= 11 is 0. The Kier molecular flexibility index (Phi) is 4.70. The van der Waals surface area contributed by atoms with Crippen LogP contribution in [0.2, 0.25) is 0 Å². The molecule has 0 spiro atoms.